The summed E-state index contributed by atoms with van der Waals surface area (Å²) < 4.78 is 61.5. The highest BCUT2D eigenvalue weighted by Crippen LogP contribution is 2.51. The summed E-state index contributed by atoms with van der Waals surface area (Å²) in [5.41, 5.74) is 1.32. The number of carbonyl (C=O) groups is 4. The Morgan fingerprint density at radius 3 is 1.28 bits per heavy atom. The minimum Gasteiger partial charge on any atom is -0.460 e. The fraction of sp³-hybridized carbons (Fsp3) is 0.714. The van der Waals surface area contributed by atoms with Crippen molar-refractivity contribution in [3.63, 3.8) is 0 Å². The molecule has 4 heterocycles. The Labute approximate surface area is 334 Å². The van der Waals surface area contributed by atoms with E-state index in [0.29, 0.717) is 114 Å². The maximum absolute atomic E-state index is 12.8. The van der Waals surface area contributed by atoms with Crippen molar-refractivity contribution in [2.24, 2.45) is 11.8 Å². The standard InChI is InChI=1S/C42H58O15/c1-27-31-11-9-29(7-5-13-41(3)35(56-41)33(31)54-37(27)43)39(45)52-25-23-50-21-19-48-17-15-47-16-18-49-20-22-51-24-26-53-40(46)30-8-6-14-42(4)36(57-42)34-32(12-10-30)28(2)38(44)55-34/h7-8,31-36H,1-2,5-6,9-26H2,3-4H3/b29-7+,30-8+/t31-,32-,33-,34-,35-,36-,41+,42+/m0/s1. The molecule has 0 radical (unpaired) electrons. The average Bonchev–Trinajstić information content (AvgIpc) is 4.00. The van der Waals surface area contributed by atoms with Crippen LogP contribution in [0.4, 0.5) is 0 Å². The van der Waals surface area contributed by atoms with E-state index in [1.165, 1.54) is 0 Å². The lowest BCUT2D eigenvalue weighted by Gasteiger charge is -2.19. The van der Waals surface area contributed by atoms with Crippen molar-refractivity contribution < 1.29 is 71.3 Å². The molecular formula is C42H58O15. The van der Waals surface area contributed by atoms with Gasteiger partial charge in [0.05, 0.1) is 77.3 Å². The van der Waals surface area contributed by atoms with Gasteiger partial charge >= 0.3 is 23.9 Å². The van der Waals surface area contributed by atoms with Gasteiger partial charge in [0.1, 0.15) is 37.6 Å². The quantitative estimate of drug-likeness (QED) is 0.0573. The molecule has 8 atom stereocenters. The zero-order valence-corrected chi connectivity index (χ0v) is 33.3. The largest absolute Gasteiger partial charge is 0.460 e. The van der Waals surface area contributed by atoms with E-state index in [1.54, 1.807) is 0 Å². The summed E-state index contributed by atoms with van der Waals surface area (Å²) in [5, 5.41) is 0. The smallest absolute Gasteiger partial charge is 0.334 e. The van der Waals surface area contributed by atoms with E-state index in [0.717, 1.165) is 12.8 Å². The first-order chi connectivity index (χ1) is 27.5. The van der Waals surface area contributed by atoms with Crippen LogP contribution in [0.25, 0.3) is 0 Å². The summed E-state index contributed by atoms with van der Waals surface area (Å²) in [5.74, 6) is -1.89. The molecule has 0 aromatic rings. The van der Waals surface area contributed by atoms with E-state index in [2.05, 4.69) is 13.2 Å². The van der Waals surface area contributed by atoms with Crippen LogP contribution in [0.5, 0.6) is 0 Å². The summed E-state index contributed by atoms with van der Waals surface area (Å²) in [6, 6.07) is 0. The van der Waals surface area contributed by atoms with Gasteiger partial charge in [0, 0.05) is 34.1 Å². The third kappa shape index (κ3) is 11.4. The second-order valence-corrected chi connectivity index (χ2v) is 15.7. The Morgan fingerprint density at radius 2 is 0.930 bits per heavy atom. The minimum atomic E-state index is -0.385. The molecule has 0 spiro atoms. The minimum absolute atomic E-state index is 0.121. The number of esters is 4. The molecule has 4 fully saturated rings. The monoisotopic (exact) mass is 802 g/mol. The Morgan fingerprint density at radius 1 is 0.596 bits per heavy atom. The van der Waals surface area contributed by atoms with E-state index < -0.39 is 0 Å². The molecule has 0 unspecified atom stereocenters. The molecule has 0 amide bonds. The molecule has 0 aromatic heterocycles. The topological polar surface area (TPSA) is 176 Å². The summed E-state index contributed by atoms with van der Waals surface area (Å²) >= 11 is 0. The van der Waals surface area contributed by atoms with Crippen LogP contribution < -0.4 is 0 Å². The van der Waals surface area contributed by atoms with E-state index in [4.69, 9.17) is 52.1 Å². The molecule has 0 N–H and O–H groups in total. The van der Waals surface area contributed by atoms with Crippen molar-refractivity contribution in [1.82, 2.24) is 0 Å². The number of rotatable bonds is 20. The Bertz CT molecular complexity index is 1440. The molecule has 0 bridgehead atoms. The number of carbonyl (C=O) groups excluding carboxylic acids is 4. The van der Waals surface area contributed by atoms with E-state index in [9.17, 15) is 19.2 Å². The van der Waals surface area contributed by atoms with Crippen LogP contribution in [0.3, 0.4) is 0 Å². The zero-order valence-electron chi connectivity index (χ0n) is 33.3. The number of hydrogen-bond acceptors (Lipinski definition) is 15. The third-order valence-corrected chi connectivity index (χ3v) is 11.6. The summed E-state index contributed by atoms with van der Waals surface area (Å²) in [4.78, 5) is 50.0. The van der Waals surface area contributed by atoms with Crippen LogP contribution in [0.15, 0.2) is 47.6 Å². The maximum Gasteiger partial charge on any atom is 0.334 e. The van der Waals surface area contributed by atoms with Gasteiger partial charge in [-0.25, -0.2) is 19.2 Å². The summed E-state index contributed by atoms with van der Waals surface area (Å²) in [7, 11) is 0. The normalized spacial score (nSPS) is 33.9. The van der Waals surface area contributed by atoms with Gasteiger partial charge in [-0.2, -0.15) is 0 Å². The first-order valence-corrected chi connectivity index (χ1v) is 20.3. The number of fused-ring (bicyclic) bond motifs is 6. The molecule has 0 aromatic carbocycles. The zero-order chi connectivity index (χ0) is 40.4. The molecule has 4 saturated heterocycles. The Balaban J connectivity index is 0.714. The van der Waals surface area contributed by atoms with Crippen LogP contribution in [0.2, 0.25) is 0 Å². The Hall–Kier alpha value is -3.44. The van der Waals surface area contributed by atoms with Gasteiger partial charge in [-0.3, -0.25) is 0 Å². The number of hydrogen-bond donors (Lipinski definition) is 0. The molecule has 57 heavy (non-hydrogen) atoms. The second-order valence-electron chi connectivity index (χ2n) is 15.7. The summed E-state index contributed by atoms with van der Waals surface area (Å²) in [6.45, 7) is 15.7. The lowest BCUT2D eigenvalue weighted by atomic mass is 9.84. The lowest BCUT2D eigenvalue weighted by Crippen LogP contribution is -2.29. The van der Waals surface area contributed by atoms with Crippen LogP contribution in [-0.4, -0.2) is 139 Å². The van der Waals surface area contributed by atoms with Crippen LogP contribution in [-0.2, 0) is 71.3 Å². The highest BCUT2D eigenvalue weighted by Gasteiger charge is 2.62. The predicted molar refractivity (Wildman–Crippen MR) is 201 cm³/mol. The molecule has 15 heteroatoms. The fourth-order valence-corrected chi connectivity index (χ4v) is 8.04. The van der Waals surface area contributed by atoms with Gasteiger partial charge in [-0.05, 0) is 65.2 Å². The number of epoxide rings is 2. The molecular weight excluding hydrogens is 744 g/mol. The van der Waals surface area contributed by atoms with Crippen LogP contribution >= 0.6 is 0 Å². The number of allylic oxidation sites excluding steroid dienone is 2. The van der Waals surface area contributed by atoms with Crippen molar-refractivity contribution in [3.05, 3.63) is 47.6 Å². The van der Waals surface area contributed by atoms with Crippen LogP contribution in [0, 0.1) is 11.8 Å². The molecule has 6 aliphatic rings. The van der Waals surface area contributed by atoms with E-state index in [-0.39, 0.29) is 97.8 Å². The highest BCUT2D eigenvalue weighted by atomic mass is 16.7. The average molecular weight is 803 g/mol. The second kappa shape index (κ2) is 20.0. The fourth-order valence-electron chi connectivity index (χ4n) is 8.04. The maximum atomic E-state index is 12.8. The van der Waals surface area contributed by atoms with Crippen molar-refractivity contribution >= 4 is 23.9 Å². The van der Waals surface area contributed by atoms with Gasteiger partial charge in [-0.1, -0.05) is 25.3 Å². The van der Waals surface area contributed by atoms with Crippen LogP contribution in [0.1, 0.15) is 65.2 Å². The van der Waals surface area contributed by atoms with Crippen molar-refractivity contribution in [2.75, 3.05) is 79.3 Å². The van der Waals surface area contributed by atoms with Gasteiger partial charge < -0.3 is 52.1 Å². The SMILES string of the molecule is C=C1C(=O)O[C@H]2[C@H]1CC/C(C(=O)OCCOCCOCCOCCOCCOCCOC(=O)/C1=C/CC[C@@]3(C)O[C@H]3[C@H]3OC(=O)C(=C)[C@@H]3CC1)=C\CC[C@@]1(C)O[C@@H]21. The molecule has 0 saturated carbocycles. The third-order valence-electron chi connectivity index (χ3n) is 11.6. The van der Waals surface area contributed by atoms with Gasteiger partial charge in [-0.15, -0.1) is 0 Å². The Kier molecular flexibility index (Phi) is 15.1. The highest BCUT2D eigenvalue weighted by molar-refractivity contribution is 5.92. The molecule has 2 aliphatic carbocycles. The van der Waals surface area contributed by atoms with Gasteiger partial charge in [0.15, 0.2) is 0 Å². The van der Waals surface area contributed by atoms with Crippen molar-refractivity contribution in [2.45, 2.75) is 101 Å². The lowest BCUT2D eigenvalue weighted by molar-refractivity contribution is -0.142. The first kappa shape index (κ1) is 43.1. The molecule has 15 nitrogen and oxygen atoms in total. The van der Waals surface area contributed by atoms with E-state index in [1.807, 2.05) is 26.0 Å². The first-order valence-electron chi connectivity index (χ1n) is 20.3. The van der Waals surface area contributed by atoms with Gasteiger partial charge in [0.2, 0.25) is 0 Å². The molecule has 316 valence electrons. The summed E-state index contributed by atoms with van der Waals surface area (Å²) in [6.07, 6.45) is 7.73. The predicted octanol–water partition coefficient (Wildman–Crippen LogP) is 3.67. The molecule has 6 rings (SSSR count). The van der Waals surface area contributed by atoms with Crippen molar-refractivity contribution in [1.29, 1.82) is 0 Å². The number of ether oxygens (including phenoxy) is 11. The van der Waals surface area contributed by atoms with E-state index >= 15 is 0 Å². The molecule has 4 aliphatic heterocycles. The van der Waals surface area contributed by atoms with Gasteiger partial charge in [0.25, 0.3) is 0 Å². The van der Waals surface area contributed by atoms with Crippen molar-refractivity contribution in [3.8, 4) is 0 Å².